The highest BCUT2D eigenvalue weighted by atomic mass is 16.5. The predicted molar refractivity (Wildman–Crippen MR) is 59.4 cm³/mol. The zero-order chi connectivity index (χ0) is 11.5. The summed E-state index contributed by atoms with van der Waals surface area (Å²) in [6.07, 6.45) is 2.25. The summed E-state index contributed by atoms with van der Waals surface area (Å²) in [6, 6.07) is 0.506. The lowest BCUT2D eigenvalue weighted by atomic mass is 10.2. The van der Waals surface area contributed by atoms with Crippen LogP contribution in [0.25, 0.3) is 0 Å². The van der Waals surface area contributed by atoms with E-state index in [1.54, 1.807) is 6.20 Å². The monoisotopic (exact) mass is 223 g/mol. The van der Waals surface area contributed by atoms with Gasteiger partial charge < -0.3 is 9.72 Å². The molecule has 0 spiro atoms. The summed E-state index contributed by atoms with van der Waals surface area (Å²) >= 11 is 0. The second-order valence-electron chi connectivity index (χ2n) is 4.29. The summed E-state index contributed by atoms with van der Waals surface area (Å²) in [5.41, 5.74) is 0.500. The van der Waals surface area contributed by atoms with Gasteiger partial charge in [0.05, 0.1) is 18.5 Å². The molecule has 5 heteroatoms. The summed E-state index contributed by atoms with van der Waals surface area (Å²) in [7, 11) is 0. The van der Waals surface area contributed by atoms with Gasteiger partial charge in [-0.15, -0.1) is 0 Å². The van der Waals surface area contributed by atoms with Crippen LogP contribution in [-0.2, 0) is 4.74 Å². The van der Waals surface area contributed by atoms with Crippen LogP contribution in [0, 0.1) is 0 Å². The third-order valence-electron chi connectivity index (χ3n) is 2.88. The van der Waals surface area contributed by atoms with E-state index < -0.39 is 0 Å². The van der Waals surface area contributed by atoms with Gasteiger partial charge in [-0.1, -0.05) is 0 Å². The van der Waals surface area contributed by atoms with Crippen molar-refractivity contribution in [2.45, 2.75) is 26.0 Å². The molecule has 0 radical (unpaired) electrons. The Bertz CT molecular complexity index is 362. The minimum Gasteiger partial charge on any atom is -0.368 e. The first-order chi connectivity index (χ1) is 7.70. The molecule has 0 amide bonds. The van der Waals surface area contributed by atoms with E-state index >= 15 is 0 Å². The number of carbonyl (C=O) groups excluding carboxylic acids is 1. The van der Waals surface area contributed by atoms with Crippen molar-refractivity contribution in [3.63, 3.8) is 0 Å². The van der Waals surface area contributed by atoms with Gasteiger partial charge in [-0.2, -0.15) is 0 Å². The summed E-state index contributed by atoms with van der Waals surface area (Å²) in [5, 5.41) is 0. The summed E-state index contributed by atoms with van der Waals surface area (Å²) in [6.45, 7) is 6.82. The number of H-pyrrole nitrogens is 1. The number of hydrogen-bond acceptors (Lipinski definition) is 4. The Kier molecular flexibility index (Phi) is 3.36. The molecule has 1 N–H and O–H groups in total. The summed E-state index contributed by atoms with van der Waals surface area (Å²) < 4.78 is 5.65. The van der Waals surface area contributed by atoms with E-state index in [1.165, 1.54) is 0 Å². The highest BCUT2D eigenvalue weighted by molar-refractivity contribution is 5.71. The molecule has 2 rings (SSSR count). The van der Waals surface area contributed by atoms with Crippen LogP contribution in [0.4, 0.5) is 0 Å². The number of nitrogens with one attached hydrogen (secondary N) is 1. The molecule has 0 bridgehead atoms. The average Bonchev–Trinajstić information content (AvgIpc) is 2.77. The lowest BCUT2D eigenvalue weighted by Crippen LogP contribution is -2.42. The van der Waals surface area contributed by atoms with Gasteiger partial charge in [0.1, 0.15) is 11.9 Å². The SMILES string of the molecule is CC(C)N1CCOC(c2ncc(C=O)[nH]2)C1. The van der Waals surface area contributed by atoms with Crippen LogP contribution in [0.3, 0.4) is 0 Å². The Morgan fingerprint density at radius 1 is 1.69 bits per heavy atom. The zero-order valence-electron chi connectivity index (χ0n) is 9.64. The molecule has 2 heterocycles. The third kappa shape index (κ3) is 2.31. The second-order valence-corrected chi connectivity index (χ2v) is 4.29. The Hall–Kier alpha value is -1.20. The highest BCUT2D eigenvalue weighted by Crippen LogP contribution is 2.20. The van der Waals surface area contributed by atoms with Crippen molar-refractivity contribution >= 4 is 6.29 Å². The molecular weight excluding hydrogens is 206 g/mol. The van der Waals surface area contributed by atoms with Crippen molar-refractivity contribution in [3.8, 4) is 0 Å². The maximum Gasteiger partial charge on any atom is 0.167 e. The van der Waals surface area contributed by atoms with Crippen molar-refractivity contribution in [3.05, 3.63) is 17.7 Å². The lowest BCUT2D eigenvalue weighted by molar-refractivity contribution is -0.0439. The smallest absolute Gasteiger partial charge is 0.167 e. The van der Waals surface area contributed by atoms with Gasteiger partial charge in [0.2, 0.25) is 0 Å². The number of morpholine rings is 1. The molecule has 1 fully saturated rings. The van der Waals surface area contributed by atoms with Crippen LogP contribution in [0.15, 0.2) is 6.20 Å². The fourth-order valence-corrected chi connectivity index (χ4v) is 1.88. The summed E-state index contributed by atoms with van der Waals surface area (Å²) in [4.78, 5) is 20.0. The number of hydrogen-bond donors (Lipinski definition) is 1. The molecule has 1 saturated heterocycles. The molecular formula is C11H17N3O2. The molecule has 5 nitrogen and oxygen atoms in total. The standard InChI is InChI=1S/C11H17N3O2/c1-8(2)14-3-4-16-10(6-14)11-12-5-9(7-15)13-11/h5,7-8,10H,3-4,6H2,1-2H3,(H,12,13). The van der Waals surface area contributed by atoms with E-state index in [-0.39, 0.29) is 6.10 Å². The molecule has 1 unspecified atom stereocenters. The van der Waals surface area contributed by atoms with Crippen LogP contribution in [0.5, 0.6) is 0 Å². The normalized spacial score (nSPS) is 22.6. The van der Waals surface area contributed by atoms with E-state index in [0.29, 0.717) is 18.3 Å². The number of nitrogens with zero attached hydrogens (tertiary/aromatic N) is 2. The third-order valence-corrected chi connectivity index (χ3v) is 2.88. The van der Waals surface area contributed by atoms with Crippen molar-refractivity contribution in [2.75, 3.05) is 19.7 Å². The highest BCUT2D eigenvalue weighted by Gasteiger charge is 2.25. The molecule has 1 aliphatic rings. The van der Waals surface area contributed by atoms with Crippen molar-refractivity contribution in [1.29, 1.82) is 0 Å². The van der Waals surface area contributed by atoms with Gasteiger partial charge in [0, 0.05) is 19.1 Å². The molecule has 0 aromatic carbocycles. The van der Waals surface area contributed by atoms with Gasteiger partial charge in [-0.3, -0.25) is 9.69 Å². The number of aromatic nitrogens is 2. The topological polar surface area (TPSA) is 58.2 Å². The Morgan fingerprint density at radius 2 is 2.50 bits per heavy atom. The van der Waals surface area contributed by atoms with Crippen molar-refractivity contribution in [2.24, 2.45) is 0 Å². The molecule has 1 atom stereocenters. The fraction of sp³-hybridized carbons (Fsp3) is 0.636. The van der Waals surface area contributed by atoms with Crippen LogP contribution in [-0.4, -0.2) is 46.9 Å². The van der Waals surface area contributed by atoms with Gasteiger partial charge >= 0.3 is 0 Å². The number of carbonyl (C=O) groups is 1. The number of ether oxygens (including phenoxy) is 1. The summed E-state index contributed by atoms with van der Waals surface area (Å²) in [5.74, 6) is 0.743. The molecule has 0 aliphatic carbocycles. The second kappa shape index (κ2) is 4.76. The van der Waals surface area contributed by atoms with Gasteiger partial charge in [-0.05, 0) is 13.8 Å². The molecule has 1 aromatic rings. The van der Waals surface area contributed by atoms with Crippen LogP contribution in [0.1, 0.15) is 36.3 Å². The van der Waals surface area contributed by atoms with Crippen LogP contribution in [0.2, 0.25) is 0 Å². The minimum absolute atomic E-state index is 0.0511. The first kappa shape index (κ1) is 11.3. The van der Waals surface area contributed by atoms with Crippen molar-refractivity contribution < 1.29 is 9.53 Å². The van der Waals surface area contributed by atoms with Gasteiger partial charge in [0.25, 0.3) is 0 Å². The first-order valence-corrected chi connectivity index (χ1v) is 5.56. The van der Waals surface area contributed by atoms with E-state index in [4.69, 9.17) is 4.74 Å². The lowest BCUT2D eigenvalue weighted by Gasteiger charge is -2.34. The number of imidazole rings is 1. The number of rotatable bonds is 3. The Morgan fingerprint density at radius 3 is 3.12 bits per heavy atom. The van der Waals surface area contributed by atoms with E-state index in [2.05, 4.69) is 28.7 Å². The van der Waals surface area contributed by atoms with Gasteiger partial charge in [-0.25, -0.2) is 4.98 Å². The molecule has 1 aromatic heterocycles. The molecule has 1 aliphatic heterocycles. The number of aromatic amines is 1. The van der Waals surface area contributed by atoms with Crippen LogP contribution >= 0.6 is 0 Å². The molecule has 88 valence electrons. The fourth-order valence-electron chi connectivity index (χ4n) is 1.88. The molecule has 0 saturated carbocycles. The first-order valence-electron chi connectivity index (χ1n) is 5.56. The predicted octanol–water partition coefficient (Wildman–Crippen LogP) is 1.00. The maximum absolute atomic E-state index is 10.6. The van der Waals surface area contributed by atoms with E-state index in [1.807, 2.05) is 0 Å². The largest absolute Gasteiger partial charge is 0.368 e. The zero-order valence-corrected chi connectivity index (χ0v) is 9.64. The maximum atomic E-state index is 10.6. The Labute approximate surface area is 94.8 Å². The Balaban J connectivity index is 2.06. The van der Waals surface area contributed by atoms with Gasteiger partial charge in [0.15, 0.2) is 6.29 Å². The average molecular weight is 223 g/mol. The number of aldehydes is 1. The van der Waals surface area contributed by atoms with Crippen LogP contribution < -0.4 is 0 Å². The quantitative estimate of drug-likeness (QED) is 0.777. The minimum atomic E-state index is -0.0511. The van der Waals surface area contributed by atoms with E-state index in [0.717, 1.165) is 25.2 Å². The van der Waals surface area contributed by atoms with Crippen molar-refractivity contribution in [1.82, 2.24) is 14.9 Å². The van der Waals surface area contributed by atoms with E-state index in [9.17, 15) is 4.79 Å². The molecule has 16 heavy (non-hydrogen) atoms.